The molecule has 1 fully saturated rings. The molecular formula is C14H12BrNO2S. The van der Waals surface area contributed by atoms with Crippen LogP contribution in [0.3, 0.4) is 0 Å². The first-order chi connectivity index (χ1) is 9.27. The molecule has 3 nitrogen and oxygen atoms in total. The molecular weight excluding hydrogens is 326 g/mol. The molecule has 1 aromatic carbocycles. The second kappa shape index (κ2) is 5.43. The minimum atomic E-state index is -0.0189. The van der Waals surface area contributed by atoms with E-state index in [9.17, 15) is 4.79 Å². The maximum atomic E-state index is 12.6. The molecule has 1 aromatic heterocycles. The molecule has 1 atom stereocenters. The fourth-order valence-corrected chi connectivity index (χ4v) is 3.79. The van der Waals surface area contributed by atoms with E-state index in [0.717, 1.165) is 22.5 Å². The molecule has 0 radical (unpaired) electrons. The van der Waals surface area contributed by atoms with Gasteiger partial charge in [0.2, 0.25) is 0 Å². The van der Waals surface area contributed by atoms with E-state index in [1.807, 2.05) is 41.3 Å². The number of amides is 1. The highest BCUT2D eigenvalue weighted by atomic mass is 79.9. The van der Waals surface area contributed by atoms with Gasteiger partial charge in [-0.2, -0.15) is 0 Å². The number of carbonyl (C=O) groups is 1. The van der Waals surface area contributed by atoms with Gasteiger partial charge in [-0.3, -0.25) is 4.79 Å². The lowest BCUT2D eigenvalue weighted by Crippen LogP contribution is -2.30. The van der Waals surface area contributed by atoms with Crippen molar-refractivity contribution in [2.24, 2.45) is 0 Å². The Morgan fingerprint density at radius 2 is 2.16 bits per heavy atom. The second-order valence-electron chi connectivity index (χ2n) is 4.22. The van der Waals surface area contributed by atoms with Crippen molar-refractivity contribution in [2.45, 2.75) is 5.37 Å². The third-order valence-electron chi connectivity index (χ3n) is 3.04. The monoisotopic (exact) mass is 337 g/mol. The number of halogens is 1. The van der Waals surface area contributed by atoms with Crippen LogP contribution in [0, 0.1) is 0 Å². The summed E-state index contributed by atoms with van der Waals surface area (Å²) in [4.78, 5) is 14.5. The fourth-order valence-electron chi connectivity index (χ4n) is 2.13. The van der Waals surface area contributed by atoms with Crippen molar-refractivity contribution in [1.82, 2.24) is 4.90 Å². The molecule has 0 bridgehead atoms. The number of rotatable bonds is 2. The van der Waals surface area contributed by atoms with Crippen LogP contribution in [0.4, 0.5) is 0 Å². The zero-order chi connectivity index (χ0) is 13.2. The summed E-state index contributed by atoms with van der Waals surface area (Å²) in [6.07, 6.45) is 1.65. The van der Waals surface area contributed by atoms with E-state index in [2.05, 4.69) is 15.9 Å². The Balaban J connectivity index is 1.89. The normalized spacial score (nSPS) is 18.8. The molecule has 3 rings (SSSR count). The molecule has 2 aromatic rings. The first kappa shape index (κ1) is 12.8. The number of hydrogen-bond acceptors (Lipinski definition) is 3. The minimum Gasteiger partial charge on any atom is -0.466 e. The van der Waals surface area contributed by atoms with E-state index < -0.39 is 0 Å². The molecule has 5 heteroatoms. The van der Waals surface area contributed by atoms with Crippen LogP contribution in [0.5, 0.6) is 0 Å². The zero-order valence-corrected chi connectivity index (χ0v) is 12.5. The summed E-state index contributed by atoms with van der Waals surface area (Å²) >= 11 is 5.17. The van der Waals surface area contributed by atoms with E-state index in [1.54, 1.807) is 18.0 Å². The maximum absolute atomic E-state index is 12.6. The van der Waals surface area contributed by atoms with Crippen molar-refractivity contribution in [2.75, 3.05) is 12.3 Å². The van der Waals surface area contributed by atoms with Crippen LogP contribution >= 0.6 is 27.7 Å². The SMILES string of the molecule is O=C(c1ccccc1Br)N1CCSC1c1ccco1. The van der Waals surface area contributed by atoms with Gasteiger partial charge in [0.05, 0.1) is 11.8 Å². The highest BCUT2D eigenvalue weighted by Gasteiger charge is 2.33. The van der Waals surface area contributed by atoms with Crippen molar-refractivity contribution in [1.29, 1.82) is 0 Å². The number of nitrogens with zero attached hydrogens (tertiary/aromatic N) is 1. The summed E-state index contributed by atoms with van der Waals surface area (Å²) in [6, 6.07) is 11.3. The number of furan rings is 1. The van der Waals surface area contributed by atoms with Crippen LogP contribution in [0.2, 0.25) is 0 Å². The van der Waals surface area contributed by atoms with E-state index in [-0.39, 0.29) is 11.3 Å². The van der Waals surface area contributed by atoms with Gasteiger partial charge >= 0.3 is 0 Å². The minimum absolute atomic E-state index is 0.0189. The summed E-state index contributed by atoms with van der Waals surface area (Å²) < 4.78 is 6.27. The van der Waals surface area contributed by atoms with Gasteiger partial charge in [0.15, 0.2) is 0 Å². The average Bonchev–Trinajstić information content (AvgIpc) is 3.09. The predicted octanol–water partition coefficient (Wildman–Crippen LogP) is 3.93. The van der Waals surface area contributed by atoms with Gasteiger partial charge in [-0.1, -0.05) is 12.1 Å². The summed E-state index contributed by atoms with van der Waals surface area (Å²) in [5.41, 5.74) is 0.696. The van der Waals surface area contributed by atoms with Gasteiger partial charge in [0, 0.05) is 16.8 Å². The largest absolute Gasteiger partial charge is 0.466 e. The third kappa shape index (κ3) is 2.44. The van der Waals surface area contributed by atoms with Crippen LogP contribution < -0.4 is 0 Å². The molecule has 1 unspecified atom stereocenters. The second-order valence-corrected chi connectivity index (χ2v) is 6.26. The van der Waals surface area contributed by atoms with E-state index in [0.29, 0.717) is 5.56 Å². The number of benzene rings is 1. The Morgan fingerprint density at radius 1 is 1.32 bits per heavy atom. The Bertz CT molecular complexity index is 585. The van der Waals surface area contributed by atoms with E-state index in [4.69, 9.17) is 4.42 Å². The lowest BCUT2D eigenvalue weighted by Gasteiger charge is -2.22. The first-order valence-electron chi connectivity index (χ1n) is 5.98. The Hall–Kier alpha value is -1.20. The molecule has 1 aliphatic heterocycles. The molecule has 1 amide bonds. The molecule has 1 aliphatic rings. The smallest absolute Gasteiger partial charge is 0.256 e. The lowest BCUT2D eigenvalue weighted by atomic mass is 10.2. The van der Waals surface area contributed by atoms with Gasteiger partial charge in [0.25, 0.3) is 5.91 Å². The molecule has 0 N–H and O–H groups in total. The van der Waals surface area contributed by atoms with Crippen LogP contribution in [0.1, 0.15) is 21.5 Å². The molecule has 1 saturated heterocycles. The topological polar surface area (TPSA) is 33.5 Å². The third-order valence-corrected chi connectivity index (χ3v) is 4.95. The Morgan fingerprint density at radius 3 is 2.89 bits per heavy atom. The quantitative estimate of drug-likeness (QED) is 0.832. The highest BCUT2D eigenvalue weighted by molar-refractivity contribution is 9.10. The number of hydrogen-bond donors (Lipinski definition) is 0. The van der Waals surface area contributed by atoms with E-state index in [1.165, 1.54) is 0 Å². The van der Waals surface area contributed by atoms with Crippen molar-refractivity contribution in [3.05, 3.63) is 58.5 Å². The lowest BCUT2D eigenvalue weighted by molar-refractivity contribution is 0.0748. The highest BCUT2D eigenvalue weighted by Crippen LogP contribution is 2.39. The summed E-state index contributed by atoms with van der Waals surface area (Å²) in [7, 11) is 0. The van der Waals surface area contributed by atoms with Crippen LogP contribution in [0.15, 0.2) is 51.6 Å². The van der Waals surface area contributed by atoms with Gasteiger partial charge in [0.1, 0.15) is 11.1 Å². The Labute approximate surface area is 124 Å². The molecule has 0 aliphatic carbocycles. The van der Waals surface area contributed by atoms with Crippen LogP contribution in [-0.2, 0) is 0 Å². The van der Waals surface area contributed by atoms with E-state index >= 15 is 0 Å². The fraction of sp³-hybridized carbons (Fsp3) is 0.214. The molecule has 98 valence electrons. The first-order valence-corrected chi connectivity index (χ1v) is 7.82. The van der Waals surface area contributed by atoms with Crippen LogP contribution in [-0.4, -0.2) is 23.1 Å². The van der Waals surface area contributed by atoms with Crippen molar-refractivity contribution < 1.29 is 9.21 Å². The standard InChI is InChI=1S/C14H12BrNO2S/c15-11-5-2-1-4-10(11)13(17)16-7-9-19-14(16)12-6-3-8-18-12/h1-6,8,14H,7,9H2. The Kier molecular flexibility index (Phi) is 3.66. The van der Waals surface area contributed by atoms with Gasteiger partial charge in [-0.25, -0.2) is 0 Å². The van der Waals surface area contributed by atoms with Crippen molar-refractivity contribution >= 4 is 33.6 Å². The average molecular weight is 338 g/mol. The molecule has 19 heavy (non-hydrogen) atoms. The molecule has 0 saturated carbocycles. The maximum Gasteiger partial charge on any atom is 0.256 e. The van der Waals surface area contributed by atoms with Gasteiger partial charge < -0.3 is 9.32 Å². The predicted molar refractivity (Wildman–Crippen MR) is 79.1 cm³/mol. The van der Waals surface area contributed by atoms with Gasteiger partial charge in [-0.15, -0.1) is 11.8 Å². The summed E-state index contributed by atoms with van der Waals surface area (Å²) in [5.74, 6) is 1.81. The van der Waals surface area contributed by atoms with Crippen LogP contribution in [0.25, 0.3) is 0 Å². The zero-order valence-electron chi connectivity index (χ0n) is 10.1. The van der Waals surface area contributed by atoms with Gasteiger partial charge in [-0.05, 0) is 40.2 Å². The van der Waals surface area contributed by atoms with Crippen molar-refractivity contribution in [3.8, 4) is 0 Å². The summed E-state index contributed by atoms with van der Waals surface area (Å²) in [5, 5.41) is -0.0189. The van der Waals surface area contributed by atoms with Crippen molar-refractivity contribution in [3.63, 3.8) is 0 Å². The number of carbonyl (C=O) groups excluding carboxylic acids is 1. The molecule has 2 heterocycles. The number of thioether (sulfide) groups is 1. The molecule has 0 spiro atoms. The summed E-state index contributed by atoms with van der Waals surface area (Å²) in [6.45, 7) is 0.746.